The summed E-state index contributed by atoms with van der Waals surface area (Å²) in [6, 6.07) is 7.57. The first kappa shape index (κ1) is 18.6. The average Bonchev–Trinajstić information content (AvgIpc) is 3.13. The molecule has 0 radical (unpaired) electrons. The smallest absolute Gasteiger partial charge is 0.274 e. The Morgan fingerprint density at radius 2 is 1.96 bits per heavy atom. The summed E-state index contributed by atoms with van der Waals surface area (Å²) >= 11 is 0. The van der Waals surface area contributed by atoms with E-state index in [9.17, 15) is 13.2 Å². The fourth-order valence-corrected chi connectivity index (χ4v) is 5.16. The van der Waals surface area contributed by atoms with Gasteiger partial charge < -0.3 is 4.90 Å². The number of aryl methyl sites for hydroxylation is 3. The molecule has 0 saturated carbocycles. The van der Waals surface area contributed by atoms with E-state index < -0.39 is 9.84 Å². The number of carbonyl (C=O) groups is 1. The van der Waals surface area contributed by atoms with Crippen molar-refractivity contribution < 1.29 is 13.2 Å². The van der Waals surface area contributed by atoms with Gasteiger partial charge in [0.05, 0.1) is 17.2 Å². The maximum atomic E-state index is 12.9. The van der Waals surface area contributed by atoms with Gasteiger partial charge >= 0.3 is 0 Å². The second-order valence-electron chi connectivity index (χ2n) is 7.00. The zero-order valence-corrected chi connectivity index (χ0v) is 16.5. The van der Waals surface area contributed by atoms with Gasteiger partial charge in [0.2, 0.25) is 0 Å². The summed E-state index contributed by atoms with van der Waals surface area (Å²) in [5, 5.41) is 4.50. The molecule has 1 saturated heterocycles. The summed E-state index contributed by atoms with van der Waals surface area (Å²) in [6.07, 6.45) is 0.499. The molecule has 0 spiro atoms. The molecule has 1 unspecified atom stereocenters. The minimum Gasteiger partial charge on any atom is -0.333 e. The van der Waals surface area contributed by atoms with E-state index in [1.807, 2.05) is 39.0 Å². The van der Waals surface area contributed by atoms with Crippen molar-refractivity contribution in [3.8, 4) is 5.69 Å². The number of hydrogen-bond acceptors (Lipinski definition) is 4. The molecule has 1 aliphatic rings. The number of nitrogens with zero attached hydrogens (tertiary/aromatic N) is 3. The Morgan fingerprint density at radius 1 is 1.23 bits per heavy atom. The SMILES string of the molecule is CCN(C(=O)c1cc(C)n(-c2ccc(C)c(C)c2)n1)C1CCS(=O)(=O)C1. The summed E-state index contributed by atoms with van der Waals surface area (Å²) in [6.45, 7) is 8.35. The van der Waals surface area contributed by atoms with Crippen LogP contribution in [-0.2, 0) is 9.84 Å². The number of benzene rings is 1. The summed E-state index contributed by atoms with van der Waals surface area (Å²) < 4.78 is 25.3. The minimum absolute atomic E-state index is 0.0451. The first-order valence-corrected chi connectivity index (χ1v) is 10.7. The van der Waals surface area contributed by atoms with Crippen LogP contribution in [0.2, 0.25) is 0 Å². The molecule has 1 aliphatic heterocycles. The van der Waals surface area contributed by atoms with Gasteiger partial charge in [-0.3, -0.25) is 4.79 Å². The highest BCUT2D eigenvalue weighted by Crippen LogP contribution is 2.21. The van der Waals surface area contributed by atoms with E-state index in [0.29, 0.717) is 18.7 Å². The lowest BCUT2D eigenvalue weighted by Gasteiger charge is -2.25. The summed E-state index contributed by atoms with van der Waals surface area (Å²) in [5.74, 6) is -0.0126. The first-order valence-electron chi connectivity index (χ1n) is 8.87. The zero-order valence-electron chi connectivity index (χ0n) is 15.7. The second-order valence-corrected chi connectivity index (χ2v) is 9.23. The van der Waals surface area contributed by atoms with Crippen LogP contribution in [0.1, 0.15) is 40.7 Å². The molecule has 1 amide bonds. The number of amides is 1. The van der Waals surface area contributed by atoms with E-state index in [0.717, 1.165) is 16.9 Å². The molecule has 0 aliphatic carbocycles. The van der Waals surface area contributed by atoms with Gasteiger partial charge in [-0.2, -0.15) is 5.10 Å². The number of aromatic nitrogens is 2. The molecule has 0 bridgehead atoms. The summed E-state index contributed by atoms with van der Waals surface area (Å²) in [5.41, 5.74) is 4.50. The third kappa shape index (κ3) is 3.53. The second kappa shape index (κ2) is 6.87. The van der Waals surface area contributed by atoms with Crippen molar-refractivity contribution in [2.45, 2.75) is 40.2 Å². The number of rotatable bonds is 4. The van der Waals surface area contributed by atoms with Crippen molar-refractivity contribution in [3.05, 3.63) is 46.8 Å². The van der Waals surface area contributed by atoms with Crippen LogP contribution in [-0.4, -0.2) is 53.1 Å². The fourth-order valence-electron chi connectivity index (χ4n) is 3.43. The lowest BCUT2D eigenvalue weighted by Crippen LogP contribution is -2.41. The van der Waals surface area contributed by atoms with Crippen LogP contribution in [0.15, 0.2) is 24.3 Å². The van der Waals surface area contributed by atoms with Crippen LogP contribution < -0.4 is 0 Å². The Balaban J connectivity index is 1.89. The Bertz CT molecular complexity index is 947. The van der Waals surface area contributed by atoms with E-state index in [2.05, 4.69) is 12.0 Å². The van der Waals surface area contributed by atoms with Gasteiger partial charge in [-0.25, -0.2) is 13.1 Å². The van der Waals surface area contributed by atoms with Gasteiger partial charge in [-0.05, 0) is 63.4 Å². The normalized spacial score (nSPS) is 18.8. The largest absolute Gasteiger partial charge is 0.333 e. The van der Waals surface area contributed by atoms with E-state index in [1.165, 1.54) is 5.56 Å². The van der Waals surface area contributed by atoms with Crippen LogP contribution in [0.3, 0.4) is 0 Å². The van der Waals surface area contributed by atoms with Crippen LogP contribution in [0.25, 0.3) is 5.69 Å². The van der Waals surface area contributed by atoms with Crippen molar-refractivity contribution in [2.75, 3.05) is 18.1 Å². The van der Waals surface area contributed by atoms with Crippen molar-refractivity contribution >= 4 is 15.7 Å². The molecule has 1 aromatic heterocycles. The molecular formula is C19H25N3O3S. The lowest BCUT2D eigenvalue weighted by atomic mass is 10.1. The highest BCUT2D eigenvalue weighted by molar-refractivity contribution is 7.91. The molecular weight excluding hydrogens is 350 g/mol. The molecule has 6 nitrogen and oxygen atoms in total. The number of carbonyl (C=O) groups excluding carboxylic acids is 1. The Kier molecular flexibility index (Phi) is 4.92. The van der Waals surface area contributed by atoms with E-state index in [4.69, 9.17) is 0 Å². The topological polar surface area (TPSA) is 72.3 Å². The molecule has 0 N–H and O–H groups in total. The maximum absolute atomic E-state index is 12.9. The Labute approximate surface area is 154 Å². The lowest BCUT2D eigenvalue weighted by molar-refractivity contribution is 0.0702. The van der Waals surface area contributed by atoms with Crippen LogP contribution in [0.5, 0.6) is 0 Å². The number of hydrogen-bond donors (Lipinski definition) is 0. The molecule has 1 atom stereocenters. The molecule has 2 heterocycles. The van der Waals surface area contributed by atoms with Gasteiger partial charge in [0.15, 0.2) is 15.5 Å². The third-order valence-electron chi connectivity index (χ3n) is 5.09. The Morgan fingerprint density at radius 3 is 2.54 bits per heavy atom. The van der Waals surface area contributed by atoms with Gasteiger partial charge in [0, 0.05) is 18.3 Å². The van der Waals surface area contributed by atoms with Gasteiger partial charge in [-0.15, -0.1) is 0 Å². The standard InChI is InChI=1S/C19H25N3O3S/c1-5-21(17-8-9-26(24,25)12-17)19(23)18-11-15(4)22(20-18)16-7-6-13(2)14(3)10-16/h6-7,10-11,17H,5,8-9,12H2,1-4H3. The summed E-state index contributed by atoms with van der Waals surface area (Å²) in [4.78, 5) is 14.6. The quantitative estimate of drug-likeness (QED) is 0.823. The predicted octanol–water partition coefficient (Wildman–Crippen LogP) is 2.45. The summed E-state index contributed by atoms with van der Waals surface area (Å²) in [7, 11) is -3.04. The molecule has 7 heteroatoms. The fraction of sp³-hybridized carbons (Fsp3) is 0.474. The van der Waals surface area contributed by atoms with Crippen molar-refractivity contribution in [1.82, 2.24) is 14.7 Å². The third-order valence-corrected chi connectivity index (χ3v) is 6.84. The molecule has 1 fully saturated rings. The predicted molar refractivity (Wildman–Crippen MR) is 102 cm³/mol. The van der Waals surface area contributed by atoms with Crippen molar-refractivity contribution in [1.29, 1.82) is 0 Å². The van der Waals surface area contributed by atoms with Crippen molar-refractivity contribution in [3.63, 3.8) is 0 Å². The average molecular weight is 375 g/mol. The highest BCUT2D eigenvalue weighted by atomic mass is 32.2. The monoisotopic (exact) mass is 375 g/mol. The van der Waals surface area contributed by atoms with Crippen LogP contribution in [0.4, 0.5) is 0 Å². The van der Waals surface area contributed by atoms with Gasteiger partial charge in [0.25, 0.3) is 5.91 Å². The number of sulfone groups is 1. The van der Waals surface area contributed by atoms with E-state index in [-0.39, 0.29) is 23.5 Å². The molecule has 2 aromatic rings. The molecule has 1 aromatic carbocycles. The maximum Gasteiger partial charge on any atom is 0.274 e. The molecule has 140 valence electrons. The van der Waals surface area contributed by atoms with E-state index in [1.54, 1.807) is 15.6 Å². The van der Waals surface area contributed by atoms with Gasteiger partial charge in [-0.1, -0.05) is 6.07 Å². The molecule has 26 heavy (non-hydrogen) atoms. The molecule has 3 rings (SSSR count). The van der Waals surface area contributed by atoms with Crippen LogP contribution >= 0.6 is 0 Å². The highest BCUT2D eigenvalue weighted by Gasteiger charge is 2.35. The minimum atomic E-state index is -3.04. The zero-order chi connectivity index (χ0) is 19.1. The van der Waals surface area contributed by atoms with Crippen LogP contribution in [0, 0.1) is 20.8 Å². The van der Waals surface area contributed by atoms with Crippen molar-refractivity contribution in [2.24, 2.45) is 0 Å². The van der Waals surface area contributed by atoms with E-state index >= 15 is 0 Å². The van der Waals surface area contributed by atoms with Gasteiger partial charge in [0.1, 0.15) is 0 Å². The Hall–Kier alpha value is -2.15. The first-order chi connectivity index (χ1) is 12.2.